The Kier molecular flexibility index (Phi) is 3.17. The molecule has 0 spiro atoms. The number of hydrogen-bond acceptors (Lipinski definition) is 3. The third-order valence-corrected chi connectivity index (χ3v) is 3.38. The molecule has 0 saturated carbocycles. The first-order valence-corrected chi connectivity index (χ1v) is 6.36. The molecule has 0 saturated heterocycles. The molecule has 0 atom stereocenters. The third kappa shape index (κ3) is 2.17. The Hall–Kier alpha value is -2.34. The van der Waals surface area contributed by atoms with Crippen LogP contribution in [0.2, 0.25) is 5.02 Å². The van der Waals surface area contributed by atoms with Gasteiger partial charge in [-0.05, 0) is 18.2 Å². The highest BCUT2D eigenvalue weighted by Crippen LogP contribution is 2.32. The lowest BCUT2D eigenvalue weighted by atomic mass is 10.2. The van der Waals surface area contributed by atoms with Crippen LogP contribution in [0.5, 0.6) is 5.75 Å². The first kappa shape index (κ1) is 13.6. The number of fused-ring (bicyclic) bond motifs is 1. The van der Waals surface area contributed by atoms with Crippen molar-refractivity contribution < 1.29 is 13.5 Å². The molecule has 2 aromatic carbocycles. The van der Waals surface area contributed by atoms with E-state index in [9.17, 15) is 8.78 Å². The maximum atomic E-state index is 14.1. The number of nitrogens with two attached hydrogens (primary N) is 1. The van der Waals surface area contributed by atoms with Crippen LogP contribution in [0.3, 0.4) is 0 Å². The summed E-state index contributed by atoms with van der Waals surface area (Å²) in [5.41, 5.74) is 6.86. The minimum Gasteiger partial charge on any atom is -0.497 e. The summed E-state index contributed by atoms with van der Waals surface area (Å²) >= 11 is 5.96. The Bertz CT molecular complexity index is 825. The second kappa shape index (κ2) is 4.89. The van der Waals surface area contributed by atoms with Crippen LogP contribution >= 0.6 is 11.6 Å². The van der Waals surface area contributed by atoms with Gasteiger partial charge in [-0.2, -0.15) is 0 Å². The van der Waals surface area contributed by atoms with Gasteiger partial charge in [-0.3, -0.25) is 4.57 Å². The third-order valence-electron chi connectivity index (χ3n) is 3.09. The van der Waals surface area contributed by atoms with Crippen molar-refractivity contribution in [1.82, 2.24) is 9.55 Å². The number of benzene rings is 2. The van der Waals surface area contributed by atoms with Crippen LogP contribution in [0.4, 0.5) is 14.7 Å². The fraction of sp³-hybridized carbons (Fsp3) is 0.0714. The Morgan fingerprint density at radius 1 is 1.24 bits per heavy atom. The molecule has 4 nitrogen and oxygen atoms in total. The number of imidazole rings is 1. The molecule has 108 valence electrons. The Labute approximate surface area is 123 Å². The topological polar surface area (TPSA) is 53.1 Å². The van der Waals surface area contributed by atoms with Gasteiger partial charge in [0.15, 0.2) is 5.82 Å². The number of halogens is 3. The van der Waals surface area contributed by atoms with Gasteiger partial charge in [0.05, 0.1) is 23.2 Å². The number of nitrogens with zero attached hydrogens (tertiary/aromatic N) is 2. The first-order valence-electron chi connectivity index (χ1n) is 5.98. The molecule has 0 amide bonds. The van der Waals surface area contributed by atoms with Crippen LogP contribution in [-0.2, 0) is 0 Å². The molecule has 0 fully saturated rings. The fourth-order valence-electron chi connectivity index (χ4n) is 2.18. The summed E-state index contributed by atoms with van der Waals surface area (Å²) in [6.07, 6.45) is 0. The van der Waals surface area contributed by atoms with Crippen molar-refractivity contribution in [3.63, 3.8) is 0 Å². The van der Waals surface area contributed by atoms with E-state index in [0.717, 1.165) is 12.1 Å². The van der Waals surface area contributed by atoms with Crippen LogP contribution in [0.25, 0.3) is 16.7 Å². The SMILES string of the molecule is COc1ccc2nc(N)n(-c3c(F)cc(F)cc3Cl)c2c1. The van der Waals surface area contributed by atoms with Gasteiger partial charge < -0.3 is 10.5 Å². The number of rotatable bonds is 2. The van der Waals surface area contributed by atoms with E-state index in [0.29, 0.717) is 16.8 Å². The van der Waals surface area contributed by atoms with E-state index in [-0.39, 0.29) is 16.7 Å². The Morgan fingerprint density at radius 3 is 2.67 bits per heavy atom. The molecule has 7 heteroatoms. The number of anilines is 1. The van der Waals surface area contributed by atoms with E-state index in [1.165, 1.54) is 11.7 Å². The van der Waals surface area contributed by atoms with E-state index in [2.05, 4.69) is 4.98 Å². The molecule has 0 aliphatic rings. The molecule has 2 N–H and O–H groups in total. The average Bonchev–Trinajstić information content (AvgIpc) is 2.73. The van der Waals surface area contributed by atoms with Gasteiger partial charge in [0, 0.05) is 12.1 Å². The largest absolute Gasteiger partial charge is 0.497 e. The summed E-state index contributed by atoms with van der Waals surface area (Å²) in [6.45, 7) is 0. The van der Waals surface area contributed by atoms with Crippen LogP contribution in [0.1, 0.15) is 0 Å². The van der Waals surface area contributed by atoms with Crippen molar-refractivity contribution in [2.45, 2.75) is 0 Å². The fourth-order valence-corrected chi connectivity index (χ4v) is 2.46. The monoisotopic (exact) mass is 309 g/mol. The lowest BCUT2D eigenvalue weighted by molar-refractivity contribution is 0.415. The molecule has 0 bridgehead atoms. The minimum absolute atomic E-state index is 0.0469. The second-order valence-corrected chi connectivity index (χ2v) is 4.79. The maximum absolute atomic E-state index is 14.1. The molecule has 0 unspecified atom stereocenters. The van der Waals surface area contributed by atoms with Crippen LogP contribution in [0.15, 0.2) is 30.3 Å². The zero-order valence-corrected chi connectivity index (χ0v) is 11.7. The average molecular weight is 310 g/mol. The van der Waals surface area contributed by atoms with Gasteiger partial charge in [0.1, 0.15) is 17.3 Å². The van der Waals surface area contributed by atoms with Gasteiger partial charge in [0.25, 0.3) is 0 Å². The highest BCUT2D eigenvalue weighted by atomic mass is 35.5. The summed E-state index contributed by atoms with van der Waals surface area (Å²) in [7, 11) is 1.51. The Morgan fingerprint density at radius 2 is 2.00 bits per heavy atom. The zero-order chi connectivity index (χ0) is 15.1. The number of ether oxygens (including phenoxy) is 1. The lowest BCUT2D eigenvalue weighted by Crippen LogP contribution is -2.04. The normalized spacial score (nSPS) is 11.0. The van der Waals surface area contributed by atoms with Gasteiger partial charge in [-0.1, -0.05) is 11.6 Å². The van der Waals surface area contributed by atoms with E-state index in [4.69, 9.17) is 22.1 Å². The van der Waals surface area contributed by atoms with E-state index >= 15 is 0 Å². The molecule has 0 radical (unpaired) electrons. The van der Waals surface area contributed by atoms with E-state index < -0.39 is 11.6 Å². The number of aromatic nitrogens is 2. The molecular formula is C14H10ClF2N3O. The van der Waals surface area contributed by atoms with Gasteiger partial charge in [-0.15, -0.1) is 0 Å². The molecule has 21 heavy (non-hydrogen) atoms. The molecule has 1 heterocycles. The maximum Gasteiger partial charge on any atom is 0.206 e. The number of hydrogen-bond donors (Lipinski definition) is 1. The molecule has 3 rings (SSSR count). The van der Waals surface area contributed by atoms with E-state index in [1.807, 2.05) is 0 Å². The predicted octanol–water partition coefficient (Wildman–Crippen LogP) is 3.55. The molecule has 0 aliphatic carbocycles. The summed E-state index contributed by atoms with van der Waals surface area (Å²) in [6, 6.07) is 6.81. The number of methoxy groups -OCH3 is 1. The van der Waals surface area contributed by atoms with Crippen molar-refractivity contribution in [1.29, 1.82) is 0 Å². The molecule has 0 aliphatic heterocycles. The number of nitrogen functional groups attached to an aromatic ring is 1. The van der Waals surface area contributed by atoms with Gasteiger partial charge in [-0.25, -0.2) is 13.8 Å². The summed E-state index contributed by atoms with van der Waals surface area (Å²) < 4.78 is 33.7. The summed E-state index contributed by atoms with van der Waals surface area (Å²) in [5.74, 6) is -0.983. The highest BCUT2D eigenvalue weighted by molar-refractivity contribution is 6.32. The summed E-state index contributed by atoms with van der Waals surface area (Å²) in [5, 5.41) is -0.0960. The smallest absolute Gasteiger partial charge is 0.206 e. The van der Waals surface area contributed by atoms with Crippen LogP contribution in [0, 0.1) is 11.6 Å². The van der Waals surface area contributed by atoms with Crippen molar-refractivity contribution in [3.8, 4) is 11.4 Å². The van der Waals surface area contributed by atoms with E-state index in [1.54, 1.807) is 18.2 Å². The minimum atomic E-state index is -0.825. The highest BCUT2D eigenvalue weighted by Gasteiger charge is 2.18. The van der Waals surface area contributed by atoms with Crippen molar-refractivity contribution >= 4 is 28.6 Å². The van der Waals surface area contributed by atoms with Crippen LogP contribution < -0.4 is 10.5 Å². The van der Waals surface area contributed by atoms with Gasteiger partial charge >= 0.3 is 0 Å². The first-order chi connectivity index (χ1) is 10.0. The second-order valence-electron chi connectivity index (χ2n) is 4.38. The molecule has 3 aromatic rings. The Balaban J connectivity index is 2.37. The van der Waals surface area contributed by atoms with Crippen molar-refractivity contribution in [2.24, 2.45) is 0 Å². The molecular weight excluding hydrogens is 300 g/mol. The predicted molar refractivity (Wildman–Crippen MR) is 77.0 cm³/mol. The quantitative estimate of drug-likeness (QED) is 0.787. The lowest BCUT2D eigenvalue weighted by Gasteiger charge is -2.10. The van der Waals surface area contributed by atoms with Crippen LogP contribution in [-0.4, -0.2) is 16.7 Å². The van der Waals surface area contributed by atoms with Crippen molar-refractivity contribution in [2.75, 3.05) is 12.8 Å². The zero-order valence-electron chi connectivity index (χ0n) is 10.9. The van der Waals surface area contributed by atoms with Gasteiger partial charge in [0.2, 0.25) is 5.95 Å². The van der Waals surface area contributed by atoms with Crippen molar-refractivity contribution in [3.05, 3.63) is 47.0 Å². The standard InChI is InChI=1S/C14H10ClF2N3O/c1-21-8-2-3-11-12(6-8)20(14(18)19-11)13-9(15)4-7(16)5-10(13)17/h2-6H,1H3,(H2,18,19). The molecule has 1 aromatic heterocycles. The summed E-state index contributed by atoms with van der Waals surface area (Å²) in [4.78, 5) is 4.14.